The monoisotopic (exact) mass is 587 g/mol. The number of hydrogen-bond acceptors (Lipinski definition) is 5. The molecule has 0 radical (unpaired) electrons. The highest BCUT2D eigenvalue weighted by molar-refractivity contribution is 6.30. The summed E-state index contributed by atoms with van der Waals surface area (Å²) in [4.78, 5) is 30.9. The predicted octanol–water partition coefficient (Wildman–Crippen LogP) is 5.43. The number of aryl methyl sites for hydroxylation is 1. The molecular weight excluding hydrogens is 552 g/mol. The van der Waals surface area contributed by atoms with Crippen molar-refractivity contribution < 1.29 is 23.5 Å². The van der Waals surface area contributed by atoms with Crippen molar-refractivity contribution in [3.05, 3.63) is 76.3 Å². The summed E-state index contributed by atoms with van der Waals surface area (Å²) >= 11 is 6.04. The molecule has 5 rings (SSSR count). The molecule has 1 N–H and O–H groups in total. The lowest BCUT2D eigenvalue weighted by Crippen LogP contribution is -2.44. The molecule has 0 aliphatic carbocycles. The van der Waals surface area contributed by atoms with E-state index in [1.807, 2.05) is 16.5 Å². The van der Waals surface area contributed by atoms with Crippen LogP contribution in [0, 0.1) is 24.5 Å². The number of pyridine rings is 1. The van der Waals surface area contributed by atoms with Crippen molar-refractivity contribution in [2.45, 2.75) is 57.9 Å². The molecule has 2 aromatic heterocycles. The Morgan fingerprint density at radius 1 is 1.10 bits per heavy atom. The lowest BCUT2D eigenvalue weighted by Gasteiger charge is -2.35. The normalized spacial score (nSPS) is 20.0. The summed E-state index contributed by atoms with van der Waals surface area (Å²) in [5.41, 5.74) is 3.33. The summed E-state index contributed by atoms with van der Waals surface area (Å²) in [5, 5.41) is 11.6. The molecule has 2 fully saturated rings. The molecule has 2 aliphatic rings. The number of likely N-dealkylation sites (tertiary alicyclic amines) is 2. The summed E-state index contributed by atoms with van der Waals surface area (Å²) in [7, 11) is 0. The quantitative estimate of drug-likeness (QED) is 0.410. The summed E-state index contributed by atoms with van der Waals surface area (Å²) in [6, 6.07) is 9.83. The topological polar surface area (TPSA) is 91.6 Å². The van der Waals surface area contributed by atoms with Crippen molar-refractivity contribution in [1.29, 1.82) is 0 Å². The van der Waals surface area contributed by atoms with Crippen LogP contribution in [0.2, 0.25) is 5.02 Å². The van der Waals surface area contributed by atoms with Crippen LogP contribution in [0.5, 0.6) is 0 Å². The summed E-state index contributed by atoms with van der Waals surface area (Å²) in [5.74, 6) is -0.777. The van der Waals surface area contributed by atoms with Crippen molar-refractivity contribution in [1.82, 2.24) is 24.6 Å². The number of benzene rings is 1. The molecule has 1 aromatic carbocycles. The third-order valence-corrected chi connectivity index (χ3v) is 8.24. The molecule has 1 amide bonds. The van der Waals surface area contributed by atoms with Crippen LogP contribution >= 0.6 is 11.6 Å². The summed E-state index contributed by atoms with van der Waals surface area (Å²) in [6.45, 7) is 10.8. The number of carboxylic acid groups (broad SMARTS) is 1. The first-order valence-electron chi connectivity index (χ1n) is 13.7. The van der Waals surface area contributed by atoms with Crippen LogP contribution in [0.3, 0.4) is 0 Å². The van der Waals surface area contributed by atoms with Crippen molar-refractivity contribution in [2.75, 3.05) is 26.2 Å². The Bertz CT molecular complexity index is 1370. The van der Waals surface area contributed by atoms with Gasteiger partial charge in [0.25, 0.3) is 6.47 Å². The van der Waals surface area contributed by atoms with E-state index in [1.165, 1.54) is 18.3 Å². The third kappa shape index (κ3) is 6.93. The van der Waals surface area contributed by atoms with Gasteiger partial charge in [0, 0.05) is 54.9 Å². The Morgan fingerprint density at radius 2 is 1.78 bits per heavy atom. The molecule has 0 spiro atoms. The fourth-order valence-corrected chi connectivity index (χ4v) is 5.95. The molecule has 2 saturated heterocycles. The van der Waals surface area contributed by atoms with Gasteiger partial charge in [-0.1, -0.05) is 11.6 Å². The molecule has 0 unspecified atom stereocenters. The van der Waals surface area contributed by atoms with Crippen molar-refractivity contribution in [3.63, 3.8) is 0 Å². The van der Waals surface area contributed by atoms with Crippen LogP contribution in [0.1, 0.15) is 62.5 Å². The zero-order valence-corrected chi connectivity index (χ0v) is 24.5. The van der Waals surface area contributed by atoms with Crippen LogP contribution in [0.15, 0.2) is 42.6 Å². The molecule has 11 heteroatoms. The van der Waals surface area contributed by atoms with E-state index in [4.69, 9.17) is 21.5 Å². The van der Waals surface area contributed by atoms with Crippen LogP contribution in [-0.4, -0.2) is 73.8 Å². The molecule has 4 heterocycles. The van der Waals surface area contributed by atoms with Gasteiger partial charge in [-0.15, -0.1) is 0 Å². The number of nitrogens with zero attached hydrogens (tertiary/aromatic N) is 5. The number of aromatic nitrogens is 3. The molecule has 0 saturated carbocycles. The van der Waals surface area contributed by atoms with Gasteiger partial charge in [0.05, 0.1) is 28.5 Å². The Morgan fingerprint density at radius 3 is 2.37 bits per heavy atom. The van der Waals surface area contributed by atoms with Crippen molar-refractivity contribution in [2.24, 2.45) is 5.92 Å². The minimum atomic E-state index is -0.459. The summed E-state index contributed by atoms with van der Waals surface area (Å²) < 4.78 is 29.1. The van der Waals surface area contributed by atoms with Gasteiger partial charge in [-0.2, -0.15) is 5.10 Å². The fraction of sp³-hybridized carbons (Fsp3) is 0.467. The molecule has 2 atom stereocenters. The smallest absolute Gasteiger partial charge is 0.290 e. The van der Waals surface area contributed by atoms with E-state index in [-0.39, 0.29) is 46.5 Å². The second-order valence-electron chi connectivity index (χ2n) is 11.6. The predicted molar refractivity (Wildman–Crippen MR) is 152 cm³/mol. The maximum atomic E-state index is 13.9. The number of hydrogen-bond donors (Lipinski definition) is 1. The molecule has 0 bridgehead atoms. The first-order valence-corrected chi connectivity index (χ1v) is 14.1. The minimum absolute atomic E-state index is 0.0630. The highest BCUT2D eigenvalue weighted by Crippen LogP contribution is 2.38. The fourth-order valence-electron chi connectivity index (χ4n) is 5.77. The van der Waals surface area contributed by atoms with E-state index in [9.17, 15) is 13.6 Å². The lowest BCUT2D eigenvalue weighted by atomic mass is 9.88. The van der Waals surface area contributed by atoms with Gasteiger partial charge in [-0.05, 0) is 76.9 Å². The van der Waals surface area contributed by atoms with Gasteiger partial charge in [-0.3, -0.25) is 19.5 Å². The van der Waals surface area contributed by atoms with Gasteiger partial charge in [0.1, 0.15) is 11.6 Å². The number of piperidine rings is 1. The molecule has 220 valence electrons. The van der Waals surface area contributed by atoms with Gasteiger partial charge in [-0.25, -0.2) is 13.5 Å². The van der Waals surface area contributed by atoms with Gasteiger partial charge in [0.15, 0.2) is 0 Å². The maximum absolute atomic E-state index is 13.9. The van der Waals surface area contributed by atoms with E-state index in [2.05, 4.69) is 41.8 Å². The number of rotatable bonds is 4. The second kappa shape index (κ2) is 12.7. The van der Waals surface area contributed by atoms with Crippen LogP contribution < -0.4 is 0 Å². The largest absolute Gasteiger partial charge is 0.483 e. The van der Waals surface area contributed by atoms with Gasteiger partial charge >= 0.3 is 0 Å². The van der Waals surface area contributed by atoms with E-state index >= 15 is 0 Å². The van der Waals surface area contributed by atoms with E-state index in [0.717, 1.165) is 35.6 Å². The summed E-state index contributed by atoms with van der Waals surface area (Å²) in [6.07, 6.45) is 2.85. The van der Waals surface area contributed by atoms with Gasteiger partial charge < -0.3 is 10.0 Å². The highest BCUT2D eigenvalue weighted by Gasteiger charge is 2.44. The number of carbonyl (C=O) groups excluding carboxylic acids is 1. The van der Waals surface area contributed by atoms with E-state index < -0.39 is 5.82 Å². The van der Waals surface area contributed by atoms with Crippen LogP contribution in [0.25, 0.3) is 5.69 Å². The first kappa shape index (κ1) is 30.6. The Kier molecular flexibility index (Phi) is 9.44. The zero-order valence-electron chi connectivity index (χ0n) is 23.7. The third-order valence-electron chi connectivity index (χ3n) is 7.95. The SMILES string of the molecule is Cc1cc(C2CCN(C(=O)[C@@H]3CN(C(C)(C)C)C[C@H]3c3ccc(F)cn3)CC2)n(-c2ccc(F)c(Cl)c2)n1.O=CO. The maximum Gasteiger partial charge on any atom is 0.290 e. The molecular formula is C30H36ClF2N5O3. The molecule has 8 nitrogen and oxygen atoms in total. The average molecular weight is 588 g/mol. The van der Waals surface area contributed by atoms with E-state index in [1.54, 1.807) is 18.2 Å². The highest BCUT2D eigenvalue weighted by atomic mass is 35.5. The minimum Gasteiger partial charge on any atom is -0.483 e. The second-order valence-corrected chi connectivity index (χ2v) is 12.0. The van der Waals surface area contributed by atoms with Crippen LogP contribution in [-0.2, 0) is 9.59 Å². The van der Waals surface area contributed by atoms with Crippen LogP contribution in [0.4, 0.5) is 8.78 Å². The Hall–Kier alpha value is -3.37. The Labute approximate surface area is 243 Å². The number of carbonyl (C=O) groups is 2. The van der Waals surface area contributed by atoms with E-state index in [0.29, 0.717) is 26.2 Å². The first-order chi connectivity index (χ1) is 19.4. The van der Waals surface area contributed by atoms with Crippen molar-refractivity contribution >= 4 is 24.0 Å². The Balaban J connectivity index is 0.00000124. The number of amides is 1. The number of halogens is 3. The molecule has 3 aromatic rings. The standard InChI is InChI=1S/C29H34ClF2N5O.CH2O2/c1-18-13-27(37(34-18)21-6-7-25(32)24(30)14-21)19-9-11-35(12-10-19)28(38)23-17-36(29(2,3)4)16-22(23)26-8-5-20(31)15-33-26;2-1-3/h5-8,13-15,19,22-23H,9-12,16-17H2,1-4H3;1H,(H,2,3)/t22-,23-;/m1./s1. The molecule has 41 heavy (non-hydrogen) atoms. The average Bonchev–Trinajstić information content (AvgIpc) is 3.55. The zero-order chi connectivity index (χ0) is 29.9. The van der Waals surface area contributed by atoms with Crippen molar-refractivity contribution in [3.8, 4) is 5.69 Å². The molecule has 2 aliphatic heterocycles. The van der Waals surface area contributed by atoms with Gasteiger partial charge in [0.2, 0.25) is 5.91 Å². The lowest BCUT2D eigenvalue weighted by molar-refractivity contribution is -0.136.